The molecule has 0 spiro atoms. The molecule has 4 rings (SSSR count). The second-order valence-corrected chi connectivity index (χ2v) is 15.7. The van der Waals surface area contributed by atoms with E-state index in [-0.39, 0.29) is 11.5 Å². The Labute approximate surface area is 259 Å². The molecule has 4 aliphatic rings. The number of carboxylic acid groups (broad SMARTS) is 1. The first kappa shape index (κ1) is 33.6. The lowest BCUT2D eigenvalue weighted by Gasteiger charge is -2.55. The number of carbonyl (C=O) groups excluding carboxylic acids is 2. The van der Waals surface area contributed by atoms with Crippen LogP contribution < -0.4 is 5.32 Å². The number of hydrogen-bond donors (Lipinski definition) is 2. The summed E-state index contributed by atoms with van der Waals surface area (Å²) in [7, 11) is 0. The summed E-state index contributed by atoms with van der Waals surface area (Å²) in [5.41, 5.74) is 0.799. The van der Waals surface area contributed by atoms with E-state index in [4.69, 9.17) is 14.2 Å². The van der Waals surface area contributed by atoms with E-state index in [0.717, 1.165) is 54.8 Å². The molecule has 0 aliphatic heterocycles. The van der Waals surface area contributed by atoms with E-state index in [1.54, 1.807) is 20.8 Å². The monoisotopic (exact) mass is 603 g/mol. The van der Waals surface area contributed by atoms with E-state index >= 15 is 0 Å². The maximum atomic E-state index is 12.5. The first-order chi connectivity index (χ1) is 20.2. The van der Waals surface area contributed by atoms with Crippen LogP contribution >= 0.6 is 0 Å². The highest BCUT2D eigenvalue weighted by molar-refractivity contribution is 5.80. The lowest BCUT2D eigenvalue weighted by atomic mass is 9.50. The fourth-order valence-corrected chi connectivity index (χ4v) is 9.14. The van der Waals surface area contributed by atoms with Crippen LogP contribution in [0.5, 0.6) is 0 Å². The predicted molar refractivity (Wildman–Crippen MR) is 165 cm³/mol. The summed E-state index contributed by atoms with van der Waals surface area (Å²) in [5, 5.41) is 11.7. The van der Waals surface area contributed by atoms with Crippen molar-refractivity contribution in [3.05, 3.63) is 11.6 Å². The summed E-state index contributed by atoms with van der Waals surface area (Å²) in [4.78, 5) is 36.1. The van der Waals surface area contributed by atoms with E-state index in [1.807, 2.05) is 0 Å². The Balaban J connectivity index is 1.29. The Kier molecular flexibility index (Phi) is 10.8. The van der Waals surface area contributed by atoms with Crippen molar-refractivity contribution < 1.29 is 33.7 Å². The first-order valence-electron chi connectivity index (χ1n) is 16.9. The maximum Gasteiger partial charge on any atom is 0.508 e. The molecular weight excluding hydrogens is 546 g/mol. The van der Waals surface area contributed by atoms with Crippen LogP contribution in [-0.4, -0.2) is 47.7 Å². The highest BCUT2D eigenvalue weighted by atomic mass is 16.7. The molecule has 9 atom stereocenters. The number of rotatable bonds is 10. The topological polar surface area (TPSA) is 111 Å². The number of ether oxygens (including phenoxy) is 3. The van der Waals surface area contributed by atoms with Crippen LogP contribution in [0.15, 0.2) is 11.6 Å². The average Bonchev–Trinajstić information content (AvgIpc) is 3.34. The summed E-state index contributed by atoms with van der Waals surface area (Å²) < 4.78 is 15.9. The second-order valence-electron chi connectivity index (χ2n) is 15.7. The van der Waals surface area contributed by atoms with Gasteiger partial charge in [0.25, 0.3) is 0 Å². The SMILES string of the molecule is CC(C)CCC[C@@H](C)[C@H]1CC[C@@H]2[C@@H]1CC[C@H]1[C@H]2CC=C2CC(OC(=O)OCC(NC(=O)OC(C)(C)C)C(=O)O)CC[C@@]21C. The Morgan fingerprint density at radius 1 is 1.02 bits per heavy atom. The number of carboxylic acids is 1. The van der Waals surface area contributed by atoms with Gasteiger partial charge in [0, 0.05) is 6.42 Å². The van der Waals surface area contributed by atoms with Gasteiger partial charge in [0.15, 0.2) is 6.04 Å². The van der Waals surface area contributed by atoms with Crippen molar-refractivity contribution in [3.63, 3.8) is 0 Å². The molecule has 0 saturated heterocycles. The lowest BCUT2D eigenvalue weighted by molar-refractivity contribution is -0.140. The molecule has 8 nitrogen and oxygen atoms in total. The van der Waals surface area contributed by atoms with Crippen LogP contribution in [-0.2, 0) is 19.0 Å². The zero-order valence-corrected chi connectivity index (χ0v) is 27.7. The molecule has 244 valence electrons. The third kappa shape index (κ3) is 8.27. The van der Waals surface area contributed by atoms with Crippen LogP contribution in [0.25, 0.3) is 0 Å². The van der Waals surface area contributed by atoms with Gasteiger partial charge in [0.2, 0.25) is 0 Å². The molecule has 3 saturated carbocycles. The minimum Gasteiger partial charge on any atom is -0.480 e. The third-order valence-electron chi connectivity index (χ3n) is 11.2. The molecular formula is C35H57NO7. The molecule has 1 amide bonds. The van der Waals surface area contributed by atoms with Gasteiger partial charge in [-0.1, -0.05) is 58.6 Å². The number of alkyl carbamates (subject to hydrolysis) is 1. The molecule has 0 aromatic rings. The van der Waals surface area contributed by atoms with Crippen LogP contribution in [0.2, 0.25) is 0 Å². The Hall–Kier alpha value is -2.25. The quantitative estimate of drug-likeness (QED) is 0.191. The van der Waals surface area contributed by atoms with Crippen LogP contribution in [0.4, 0.5) is 9.59 Å². The molecule has 0 heterocycles. The van der Waals surface area contributed by atoms with Crippen LogP contribution in [0, 0.1) is 46.8 Å². The summed E-state index contributed by atoms with van der Waals surface area (Å²) in [6.45, 7) is 14.1. The van der Waals surface area contributed by atoms with Crippen molar-refractivity contribution >= 4 is 18.2 Å². The molecule has 8 heteroatoms. The highest BCUT2D eigenvalue weighted by Crippen LogP contribution is 2.63. The maximum absolute atomic E-state index is 12.5. The van der Waals surface area contributed by atoms with Gasteiger partial charge in [-0.3, -0.25) is 0 Å². The van der Waals surface area contributed by atoms with E-state index in [9.17, 15) is 19.5 Å². The summed E-state index contributed by atoms with van der Waals surface area (Å²) in [5.74, 6) is 4.42. The third-order valence-corrected chi connectivity index (χ3v) is 11.2. The van der Waals surface area contributed by atoms with E-state index in [0.29, 0.717) is 12.3 Å². The molecule has 0 aromatic heterocycles. The Morgan fingerprint density at radius 2 is 1.74 bits per heavy atom. The molecule has 0 radical (unpaired) electrons. The number of hydrogen-bond acceptors (Lipinski definition) is 6. The molecule has 0 aromatic carbocycles. The lowest BCUT2D eigenvalue weighted by Crippen LogP contribution is -2.48. The molecule has 43 heavy (non-hydrogen) atoms. The number of amides is 1. The fourth-order valence-electron chi connectivity index (χ4n) is 9.14. The first-order valence-corrected chi connectivity index (χ1v) is 16.9. The van der Waals surface area contributed by atoms with Crippen LogP contribution in [0.1, 0.15) is 119 Å². The van der Waals surface area contributed by atoms with Crippen molar-refractivity contribution in [3.8, 4) is 0 Å². The van der Waals surface area contributed by atoms with Crippen molar-refractivity contribution in [1.82, 2.24) is 5.32 Å². The normalized spacial score (nSPS) is 33.3. The number of fused-ring (bicyclic) bond motifs is 5. The van der Waals surface area contributed by atoms with Crippen molar-refractivity contribution in [2.24, 2.45) is 46.8 Å². The molecule has 2 unspecified atom stereocenters. The standard InChI is InChI=1S/C35H57NO7/c1-21(2)9-8-10-22(3)25-13-14-27-26(25)15-16-29-28(27)12-11-23-19-24(17-18-35(23,29)7)42-33(40)41-20-30(31(37)38)36-32(39)43-34(4,5)6/h11,21-22,24-30H,8-10,12-20H2,1-7H3,(H,36,39)(H,37,38)/t22-,24?,25-,26-,27-,28+,29+,30?,35+/m1/s1. The number of carbonyl (C=O) groups is 3. The summed E-state index contributed by atoms with van der Waals surface area (Å²) in [6, 6.07) is -1.43. The largest absolute Gasteiger partial charge is 0.508 e. The molecule has 0 bridgehead atoms. The Bertz CT molecular complexity index is 1030. The van der Waals surface area contributed by atoms with Gasteiger partial charge in [-0.25, -0.2) is 14.4 Å². The van der Waals surface area contributed by atoms with E-state index in [1.165, 1.54) is 50.5 Å². The van der Waals surface area contributed by atoms with Gasteiger partial charge in [-0.2, -0.15) is 0 Å². The number of aliphatic carboxylic acids is 1. The molecule has 4 aliphatic carbocycles. The number of nitrogens with one attached hydrogen (secondary N) is 1. The van der Waals surface area contributed by atoms with Crippen LogP contribution in [0.3, 0.4) is 0 Å². The van der Waals surface area contributed by atoms with Gasteiger partial charge >= 0.3 is 18.2 Å². The van der Waals surface area contributed by atoms with E-state index in [2.05, 4.69) is 39.1 Å². The van der Waals surface area contributed by atoms with E-state index < -0.39 is 36.5 Å². The van der Waals surface area contributed by atoms with Gasteiger partial charge < -0.3 is 24.6 Å². The minimum atomic E-state index is -1.43. The van der Waals surface area contributed by atoms with Gasteiger partial charge in [-0.15, -0.1) is 0 Å². The second kappa shape index (κ2) is 13.8. The zero-order valence-electron chi connectivity index (χ0n) is 27.7. The zero-order chi connectivity index (χ0) is 31.5. The molecule has 2 N–H and O–H groups in total. The number of allylic oxidation sites excluding steroid dienone is 1. The van der Waals surface area contributed by atoms with Crippen molar-refractivity contribution in [2.75, 3.05) is 6.61 Å². The van der Waals surface area contributed by atoms with Gasteiger partial charge in [0.05, 0.1) is 0 Å². The van der Waals surface area contributed by atoms with Gasteiger partial charge in [-0.05, 0) is 113 Å². The smallest absolute Gasteiger partial charge is 0.480 e. The molecule has 3 fully saturated rings. The predicted octanol–water partition coefficient (Wildman–Crippen LogP) is 8.14. The summed E-state index contributed by atoms with van der Waals surface area (Å²) in [6.07, 6.45) is 13.6. The van der Waals surface area contributed by atoms with Crippen molar-refractivity contribution in [1.29, 1.82) is 0 Å². The Morgan fingerprint density at radius 3 is 2.42 bits per heavy atom. The highest BCUT2D eigenvalue weighted by Gasteiger charge is 2.54. The van der Waals surface area contributed by atoms with Crippen molar-refractivity contribution in [2.45, 2.75) is 137 Å². The average molecular weight is 604 g/mol. The minimum absolute atomic E-state index is 0.157. The fraction of sp³-hybridized carbons (Fsp3) is 0.857. The summed E-state index contributed by atoms with van der Waals surface area (Å²) >= 11 is 0. The van der Waals surface area contributed by atoms with Gasteiger partial charge in [0.1, 0.15) is 18.3 Å².